The molecular weight excluding hydrogens is 344 g/mol. The summed E-state index contributed by atoms with van der Waals surface area (Å²) in [5, 5.41) is 6.10. The Morgan fingerprint density at radius 1 is 0.667 bits per heavy atom. The summed E-state index contributed by atoms with van der Waals surface area (Å²) in [7, 11) is 3.68. The molecule has 0 saturated carbocycles. The minimum absolute atomic E-state index is 0.758. The number of aryl methyl sites for hydroxylation is 2. The van der Waals surface area contributed by atoms with Crippen molar-refractivity contribution in [2.75, 3.05) is 24.7 Å². The Kier molecular flexibility index (Phi) is 4.77. The zero-order valence-electron chi connectivity index (χ0n) is 15.4. The van der Waals surface area contributed by atoms with Crippen LogP contribution in [0.1, 0.15) is 19.3 Å². The van der Waals surface area contributed by atoms with Gasteiger partial charge in [-0.3, -0.25) is 0 Å². The van der Waals surface area contributed by atoms with Crippen molar-refractivity contribution < 1.29 is 0 Å². The number of aromatic nitrogens is 8. The van der Waals surface area contributed by atoms with Crippen LogP contribution in [0, 0.1) is 0 Å². The van der Waals surface area contributed by atoms with E-state index in [1.165, 1.54) is 0 Å². The van der Waals surface area contributed by atoms with E-state index in [0.717, 1.165) is 66.3 Å². The lowest BCUT2D eigenvalue weighted by molar-refractivity contribution is 0.553. The van der Waals surface area contributed by atoms with E-state index < -0.39 is 0 Å². The van der Waals surface area contributed by atoms with E-state index in [1.54, 1.807) is 12.7 Å². The minimum Gasteiger partial charge on any atom is -0.371 e. The Balaban J connectivity index is 1.34. The van der Waals surface area contributed by atoms with Gasteiger partial charge >= 0.3 is 0 Å². The number of rotatable bonds is 8. The van der Waals surface area contributed by atoms with Gasteiger partial charge in [-0.1, -0.05) is 0 Å². The molecule has 4 heterocycles. The molecule has 0 unspecified atom stereocenters. The minimum atomic E-state index is 0.758. The molecule has 4 aromatic rings. The summed E-state index contributed by atoms with van der Waals surface area (Å²) in [6.07, 6.45) is 9.99. The number of unbranched alkanes of at least 4 members (excludes halogenated alkanes) is 2. The molecule has 2 N–H and O–H groups in total. The summed E-state index contributed by atoms with van der Waals surface area (Å²) in [6.45, 7) is 1.76. The van der Waals surface area contributed by atoms with Gasteiger partial charge in [0.05, 0.1) is 12.7 Å². The number of fused-ring (bicyclic) bond motifs is 2. The predicted octanol–water partition coefficient (Wildman–Crippen LogP) is 1.92. The van der Waals surface area contributed by atoms with Gasteiger partial charge in [-0.15, -0.1) is 0 Å². The fourth-order valence-corrected chi connectivity index (χ4v) is 3.20. The summed E-state index contributed by atoms with van der Waals surface area (Å²) in [4.78, 5) is 25.9. The van der Waals surface area contributed by atoms with Crippen molar-refractivity contribution in [2.45, 2.75) is 32.4 Å². The van der Waals surface area contributed by atoms with Crippen LogP contribution < -0.4 is 10.6 Å². The smallest absolute Gasteiger partial charge is 0.165 e. The molecule has 0 aliphatic heterocycles. The molecule has 4 aromatic heterocycles. The topological polar surface area (TPSA) is 111 Å². The molecule has 0 atom stereocenters. The van der Waals surface area contributed by atoms with Crippen molar-refractivity contribution in [3.63, 3.8) is 0 Å². The average Bonchev–Trinajstić information content (AvgIpc) is 3.32. The van der Waals surface area contributed by atoms with Gasteiger partial charge in [0, 0.05) is 27.2 Å². The lowest BCUT2D eigenvalue weighted by atomic mass is 10.2. The second kappa shape index (κ2) is 7.52. The zero-order valence-corrected chi connectivity index (χ0v) is 15.4. The summed E-state index contributed by atoms with van der Waals surface area (Å²) >= 11 is 0. The first-order valence-corrected chi connectivity index (χ1v) is 8.99. The third-order valence-electron chi connectivity index (χ3n) is 4.57. The molecular formula is C17H22N10. The molecule has 0 fully saturated rings. The maximum Gasteiger partial charge on any atom is 0.165 e. The number of hydrogen-bond donors (Lipinski definition) is 2. The van der Waals surface area contributed by atoms with E-state index in [-0.39, 0.29) is 0 Å². The van der Waals surface area contributed by atoms with Crippen LogP contribution >= 0.6 is 0 Å². The zero-order chi connectivity index (χ0) is 18.6. The third-order valence-corrected chi connectivity index (χ3v) is 4.57. The molecule has 0 amide bonds. The lowest BCUT2D eigenvalue weighted by Gasteiger charge is -2.06. The highest BCUT2D eigenvalue weighted by molar-refractivity contribution is 5.83. The van der Waals surface area contributed by atoms with Gasteiger partial charge < -0.3 is 19.8 Å². The third kappa shape index (κ3) is 3.25. The van der Waals surface area contributed by atoms with E-state index in [4.69, 9.17) is 0 Å². The van der Waals surface area contributed by atoms with Gasteiger partial charge in [0.15, 0.2) is 22.9 Å². The summed E-state index contributed by atoms with van der Waals surface area (Å²) in [5.41, 5.74) is 3.35. The van der Waals surface area contributed by atoms with Crippen LogP contribution in [0.5, 0.6) is 0 Å². The lowest BCUT2D eigenvalue weighted by Crippen LogP contribution is -2.02. The van der Waals surface area contributed by atoms with Crippen LogP contribution in [-0.4, -0.2) is 53.1 Å². The van der Waals surface area contributed by atoms with Gasteiger partial charge in [-0.25, -0.2) is 29.9 Å². The summed E-state index contributed by atoms with van der Waals surface area (Å²) < 4.78 is 4.16. The Hall–Kier alpha value is -3.30. The Bertz CT molecular complexity index is 966. The van der Waals surface area contributed by atoms with Crippen molar-refractivity contribution in [3.05, 3.63) is 25.3 Å². The second-order valence-electron chi connectivity index (χ2n) is 6.23. The van der Waals surface area contributed by atoms with Gasteiger partial charge in [0.1, 0.15) is 23.7 Å². The SMILES string of the molecule is CNc1ncnc2c1ncn2CCCCCn1cnc2c(NC)ncnc21. The first kappa shape index (κ1) is 17.1. The first-order chi connectivity index (χ1) is 13.3. The highest BCUT2D eigenvalue weighted by Crippen LogP contribution is 2.19. The highest BCUT2D eigenvalue weighted by atomic mass is 15.1. The first-order valence-electron chi connectivity index (χ1n) is 8.99. The van der Waals surface area contributed by atoms with Crippen LogP contribution in [0.15, 0.2) is 25.3 Å². The molecule has 10 heteroatoms. The van der Waals surface area contributed by atoms with E-state index in [1.807, 2.05) is 26.7 Å². The summed E-state index contributed by atoms with van der Waals surface area (Å²) in [5.74, 6) is 1.52. The van der Waals surface area contributed by atoms with Gasteiger partial charge in [-0.2, -0.15) is 0 Å². The van der Waals surface area contributed by atoms with E-state index >= 15 is 0 Å². The molecule has 0 bridgehead atoms. The van der Waals surface area contributed by atoms with Crippen molar-refractivity contribution in [1.29, 1.82) is 0 Å². The number of hydrogen-bond acceptors (Lipinski definition) is 8. The molecule has 140 valence electrons. The normalized spacial score (nSPS) is 11.3. The average molecular weight is 366 g/mol. The van der Waals surface area contributed by atoms with Crippen molar-refractivity contribution in [3.8, 4) is 0 Å². The fraction of sp³-hybridized carbons (Fsp3) is 0.412. The molecule has 0 radical (unpaired) electrons. The molecule has 0 aliphatic carbocycles. The quantitative estimate of drug-likeness (QED) is 0.455. The van der Waals surface area contributed by atoms with Gasteiger partial charge in [-0.05, 0) is 19.3 Å². The number of anilines is 2. The Morgan fingerprint density at radius 3 is 1.59 bits per heavy atom. The molecule has 4 rings (SSSR count). The molecule has 0 aromatic carbocycles. The monoisotopic (exact) mass is 366 g/mol. The van der Waals surface area contributed by atoms with Crippen LogP contribution in [0.4, 0.5) is 11.6 Å². The largest absolute Gasteiger partial charge is 0.371 e. The molecule has 0 aliphatic rings. The van der Waals surface area contributed by atoms with Crippen LogP contribution in [-0.2, 0) is 13.1 Å². The Labute approximate surface area is 156 Å². The highest BCUT2D eigenvalue weighted by Gasteiger charge is 2.10. The van der Waals surface area contributed by atoms with E-state index in [0.29, 0.717) is 0 Å². The van der Waals surface area contributed by atoms with Crippen molar-refractivity contribution in [1.82, 2.24) is 39.0 Å². The van der Waals surface area contributed by atoms with Crippen LogP contribution in [0.25, 0.3) is 22.3 Å². The molecule has 27 heavy (non-hydrogen) atoms. The van der Waals surface area contributed by atoms with Gasteiger partial charge in [0.2, 0.25) is 0 Å². The predicted molar refractivity (Wildman–Crippen MR) is 104 cm³/mol. The second-order valence-corrected chi connectivity index (χ2v) is 6.23. The number of nitrogens with one attached hydrogen (secondary N) is 2. The van der Waals surface area contributed by atoms with Crippen molar-refractivity contribution >= 4 is 34.0 Å². The van der Waals surface area contributed by atoms with E-state index in [2.05, 4.69) is 49.7 Å². The van der Waals surface area contributed by atoms with Crippen LogP contribution in [0.2, 0.25) is 0 Å². The molecule has 10 nitrogen and oxygen atoms in total. The standard InChI is InChI=1S/C17H22N10/c1-18-14-12-16(22-8-20-14)26(10-24-12)6-4-3-5-7-27-11-25-13-15(19-2)21-9-23-17(13)27/h8-11H,3-7H2,1-2H3,(H,18,20,22)(H,19,21,23). The van der Waals surface area contributed by atoms with Gasteiger partial charge in [0.25, 0.3) is 0 Å². The molecule has 0 spiro atoms. The Morgan fingerprint density at radius 2 is 1.15 bits per heavy atom. The summed E-state index contributed by atoms with van der Waals surface area (Å²) in [6, 6.07) is 0. The maximum atomic E-state index is 4.42. The molecule has 0 saturated heterocycles. The fourth-order valence-electron chi connectivity index (χ4n) is 3.20. The van der Waals surface area contributed by atoms with Crippen molar-refractivity contribution in [2.24, 2.45) is 0 Å². The maximum absolute atomic E-state index is 4.42. The number of nitrogens with zero attached hydrogens (tertiary/aromatic N) is 8. The number of imidazole rings is 2. The van der Waals surface area contributed by atoms with Crippen LogP contribution in [0.3, 0.4) is 0 Å². The van der Waals surface area contributed by atoms with E-state index in [9.17, 15) is 0 Å².